The highest BCUT2D eigenvalue weighted by Crippen LogP contribution is 2.37. The molecule has 0 radical (unpaired) electrons. The Morgan fingerprint density at radius 1 is 0.941 bits per heavy atom. The minimum Gasteiger partial charge on any atom is -0.507 e. The number of benzene rings is 4. The van der Waals surface area contributed by atoms with Crippen molar-refractivity contribution in [1.82, 2.24) is 15.3 Å². The van der Waals surface area contributed by atoms with Crippen LogP contribution in [0.15, 0.2) is 103 Å². The topological polar surface area (TPSA) is 164 Å². The van der Waals surface area contributed by atoms with Gasteiger partial charge in [-0.3, -0.25) is 10.2 Å². The molecule has 0 aliphatic carbocycles. The molecule has 7 N–H and O–H groups in total. The third-order valence-corrected chi connectivity index (χ3v) is 8.71. The molecule has 1 unspecified atom stereocenters. The molecule has 10 heteroatoms. The van der Waals surface area contributed by atoms with Gasteiger partial charge < -0.3 is 30.5 Å². The van der Waals surface area contributed by atoms with Crippen molar-refractivity contribution < 1.29 is 30.3 Å². The van der Waals surface area contributed by atoms with Gasteiger partial charge in [0.15, 0.2) is 11.8 Å². The molecule has 0 saturated heterocycles. The molecule has 0 bridgehead atoms. The number of rotatable bonds is 16. The number of carboxylic acids is 1. The summed E-state index contributed by atoms with van der Waals surface area (Å²) in [7, 11) is 0. The van der Waals surface area contributed by atoms with E-state index in [1.165, 1.54) is 11.6 Å². The zero-order chi connectivity index (χ0) is 36.3. The monoisotopic (exact) mass is 686 g/mol. The summed E-state index contributed by atoms with van der Waals surface area (Å²) in [5.74, 6) is -0.912. The van der Waals surface area contributed by atoms with Crippen molar-refractivity contribution in [2.75, 3.05) is 24.5 Å². The fourth-order valence-electron chi connectivity index (χ4n) is 5.82. The Kier molecular flexibility index (Phi) is 12.2. The third kappa shape index (κ3) is 9.37. The molecule has 1 heterocycles. The molecule has 10 nitrogen and oxygen atoms in total. The molecule has 4 aromatic carbocycles. The Morgan fingerprint density at radius 2 is 1.63 bits per heavy atom. The number of aliphatic hydroxyl groups excluding tert-OH is 1. The van der Waals surface area contributed by atoms with Gasteiger partial charge in [-0.15, -0.1) is 0 Å². The van der Waals surface area contributed by atoms with Gasteiger partial charge in [-0.1, -0.05) is 66.7 Å². The summed E-state index contributed by atoms with van der Waals surface area (Å²) in [5.41, 5.74) is 7.34. The van der Waals surface area contributed by atoms with Gasteiger partial charge in [0.2, 0.25) is 5.91 Å². The Labute approximate surface area is 297 Å². The number of aliphatic hydroxyl groups is 1. The van der Waals surface area contributed by atoms with Gasteiger partial charge in [0.1, 0.15) is 11.6 Å². The molecule has 5 aromatic rings. The summed E-state index contributed by atoms with van der Waals surface area (Å²) in [4.78, 5) is 34.1. The third-order valence-electron chi connectivity index (χ3n) is 8.71. The Morgan fingerprint density at radius 3 is 2.27 bits per heavy atom. The lowest BCUT2D eigenvalue weighted by atomic mass is 9.99. The second-order valence-electron chi connectivity index (χ2n) is 12.2. The maximum Gasteiger partial charge on any atom is 0.333 e. The van der Waals surface area contributed by atoms with Crippen LogP contribution in [0.5, 0.6) is 5.75 Å². The van der Waals surface area contributed by atoms with Crippen molar-refractivity contribution in [2.24, 2.45) is 0 Å². The average molecular weight is 687 g/mol. The molecule has 1 amide bonds. The van der Waals surface area contributed by atoms with E-state index < -0.39 is 12.1 Å². The van der Waals surface area contributed by atoms with Gasteiger partial charge in [0.25, 0.3) is 0 Å². The normalized spacial score (nSPS) is 11.7. The van der Waals surface area contributed by atoms with Crippen molar-refractivity contribution in [3.05, 3.63) is 120 Å². The van der Waals surface area contributed by atoms with Crippen LogP contribution in [0.2, 0.25) is 0 Å². The van der Waals surface area contributed by atoms with Crippen molar-refractivity contribution in [1.29, 1.82) is 0 Å². The number of anilines is 1. The SMILES string of the molecule is CCN(CC)c1ccc(-c2nc(-c3ccc(C(=[NH2+])CC(O)C(=O)O)cc3)c(-c3ccc(/C=C/C(=O)NCCCc4ccccc4)cc3)[nH]2)c(O)c1. The van der Waals surface area contributed by atoms with Crippen LogP contribution in [0.3, 0.4) is 0 Å². The number of hydrogen-bond acceptors (Lipinski definition) is 6. The highest BCUT2D eigenvalue weighted by Gasteiger charge is 2.21. The number of hydrogen-bond donors (Lipinski definition) is 6. The van der Waals surface area contributed by atoms with Crippen LogP contribution in [0.1, 0.15) is 43.4 Å². The fraction of sp³-hybridized carbons (Fsp3) is 0.220. The number of aromatic nitrogens is 2. The van der Waals surface area contributed by atoms with Crippen LogP contribution in [0, 0.1) is 0 Å². The minimum atomic E-state index is -1.59. The molecular weight excluding hydrogens is 642 g/mol. The number of amides is 1. The van der Waals surface area contributed by atoms with Crippen LogP contribution in [0.4, 0.5) is 5.69 Å². The number of aromatic amines is 1. The Balaban J connectivity index is 1.38. The van der Waals surface area contributed by atoms with E-state index in [1.807, 2.05) is 66.7 Å². The van der Waals surface area contributed by atoms with Gasteiger partial charge in [-0.05, 0) is 68.2 Å². The summed E-state index contributed by atoms with van der Waals surface area (Å²) in [6.07, 6.45) is 3.26. The number of H-pyrrole nitrogens is 1. The number of aryl methyl sites for hydroxylation is 1. The maximum absolute atomic E-state index is 12.4. The minimum absolute atomic E-state index is 0.0970. The number of imidazole rings is 1. The molecule has 0 saturated carbocycles. The van der Waals surface area contributed by atoms with E-state index in [-0.39, 0.29) is 23.8 Å². The van der Waals surface area contributed by atoms with Crippen molar-refractivity contribution in [3.8, 4) is 39.7 Å². The lowest BCUT2D eigenvalue weighted by molar-refractivity contribution is -0.148. The summed E-state index contributed by atoms with van der Waals surface area (Å²) in [6.45, 7) is 6.33. The number of carbonyl (C=O) groups is 2. The van der Waals surface area contributed by atoms with Crippen LogP contribution < -0.4 is 15.6 Å². The first-order valence-electron chi connectivity index (χ1n) is 17.1. The lowest BCUT2D eigenvalue weighted by Gasteiger charge is -2.21. The first-order chi connectivity index (χ1) is 24.7. The number of nitrogens with zero attached hydrogens (tertiary/aromatic N) is 2. The molecule has 1 aromatic heterocycles. The zero-order valence-electron chi connectivity index (χ0n) is 28.8. The molecule has 0 aliphatic heterocycles. The van der Waals surface area contributed by atoms with Gasteiger partial charge in [0.05, 0.1) is 23.4 Å². The molecule has 0 fully saturated rings. The average Bonchev–Trinajstić information content (AvgIpc) is 3.59. The number of aromatic hydroxyl groups is 1. The van der Waals surface area contributed by atoms with E-state index in [4.69, 9.17) is 15.5 Å². The highest BCUT2D eigenvalue weighted by atomic mass is 16.4. The molecule has 5 rings (SSSR count). The van der Waals surface area contributed by atoms with E-state index in [0.717, 1.165) is 54.0 Å². The standard InChI is InChI=1S/C41H43N5O5/c1-3-46(4-2)32-21-22-33(35(47)25-32)40-44-38(39(45-40)31-19-17-29(18-20-31)34(42)26-36(48)41(50)51)30-15-12-28(13-16-30)14-23-37(49)43-24-8-11-27-9-6-5-7-10-27/h5-7,9-10,12-23,25,36,42,47-48H,3-4,8,11,24,26H2,1-2H3,(H,43,49)(H,44,45)(H,50,51)/p+1/b23-14+,42-34?. The van der Waals surface area contributed by atoms with Crippen molar-refractivity contribution in [3.63, 3.8) is 0 Å². The largest absolute Gasteiger partial charge is 0.507 e. The quantitative estimate of drug-likeness (QED) is 0.0477. The second kappa shape index (κ2) is 17.1. The molecule has 262 valence electrons. The number of phenolic OH excluding ortho intramolecular Hbond substituents is 1. The van der Waals surface area contributed by atoms with E-state index >= 15 is 0 Å². The summed E-state index contributed by atoms with van der Waals surface area (Å²) < 4.78 is 0. The number of nitrogens with two attached hydrogens (primary N) is 1. The van der Waals surface area contributed by atoms with E-state index in [0.29, 0.717) is 29.2 Å². The molecule has 1 atom stereocenters. The predicted octanol–water partition coefficient (Wildman–Crippen LogP) is 5.11. The van der Waals surface area contributed by atoms with Gasteiger partial charge in [-0.2, -0.15) is 0 Å². The lowest BCUT2D eigenvalue weighted by Crippen LogP contribution is -2.43. The number of aliphatic carboxylic acids is 1. The summed E-state index contributed by atoms with van der Waals surface area (Å²) in [5, 5.41) is 39.0. The Hall–Kier alpha value is -6.00. The fourth-order valence-corrected chi connectivity index (χ4v) is 5.82. The number of phenols is 1. The molecule has 0 aliphatic rings. The smallest absolute Gasteiger partial charge is 0.333 e. The maximum atomic E-state index is 12.4. The summed E-state index contributed by atoms with van der Waals surface area (Å²) in [6, 6.07) is 30.6. The van der Waals surface area contributed by atoms with Crippen LogP contribution in [-0.4, -0.2) is 68.6 Å². The molecule has 0 spiro atoms. The van der Waals surface area contributed by atoms with E-state index in [9.17, 15) is 19.8 Å². The number of carboxylic acid groups (broad SMARTS) is 1. The molecule has 51 heavy (non-hydrogen) atoms. The Bertz CT molecular complexity index is 1980. The van der Waals surface area contributed by atoms with Gasteiger partial charge in [0, 0.05) is 54.2 Å². The van der Waals surface area contributed by atoms with Crippen molar-refractivity contribution in [2.45, 2.75) is 39.2 Å². The van der Waals surface area contributed by atoms with E-state index in [2.05, 4.69) is 41.2 Å². The zero-order valence-corrected chi connectivity index (χ0v) is 28.8. The van der Waals surface area contributed by atoms with Gasteiger partial charge >= 0.3 is 5.97 Å². The van der Waals surface area contributed by atoms with Crippen molar-refractivity contribution >= 4 is 29.4 Å². The van der Waals surface area contributed by atoms with Crippen LogP contribution >= 0.6 is 0 Å². The number of carbonyl (C=O) groups excluding carboxylic acids is 1. The first kappa shape index (κ1) is 36.3. The van der Waals surface area contributed by atoms with Gasteiger partial charge in [-0.25, -0.2) is 9.78 Å². The van der Waals surface area contributed by atoms with Crippen LogP contribution in [-0.2, 0) is 16.0 Å². The summed E-state index contributed by atoms with van der Waals surface area (Å²) >= 11 is 0. The van der Waals surface area contributed by atoms with E-state index in [1.54, 1.807) is 24.3 Å². The molecular formula is C41H44N5O5+. The first-order valence-corrected chi connectivity index (χ1v) is 17.1. The van der Waals surface area contributed by atoms with Crippen LogP contribution in [0.25, 0.3) is 40.0 Å². The second-order valence-corrected chi connectivity index (χ2v) is 12.2. The number of nitrogens with one attached hydrogen (secondary N) is 2. The highest BCUT2D eigenvalue weighted by molar-refractivity contribution is 5.99. The predicted molar refractivity (Wildman–Crippen MR) is 201 cm³/mol.